The minimum atomic E-state index is 0.631. The molecule has 0 amide bonds. The van der Waals surface area contributed by atoms with Gasteiger partial charge in [0.15, 0.2) is 0 Å². The molecule has 0 saturated heterocycles. The Balaban J connectivity index is 4.07. The van der Waals surface area contributed by atoms with Gasteiger partial charge in [-0.05, 0) is 58.0 Å². The third-order valence-corrected chi connectivity index (χ3v) is 2.67. The van der Waals surface area contributed by atoms with E-state index in [1.807, 2.05) is 12.3 Å². The standard InChI is InChI=1S/C14H26N2/c1-6-14(10-7-11-15-3)13(2)9-8-12-16(4)5/h6-7,10-11,13H,8-9,12H2,1-5H3/b10-7-,14-6+,15-11+/t13-/m0/s1. The molecule has 0 aromatic heterocycles. The van der Waals surface area contributed by atoms with E-state index >= 15 is 0 Å². The van der Waals surface area contributed by atoms with E-state index in [0.29, 0.717) is 5.92 Å². The highest BCUT2D eigenvalue weighted by molar-refractivity contribution is 5.71. The van der Waals surface area contributed by atoms with Crippen LogP contribution >= 0.6 is 0 Å². The van der Waals surface area contributed by atoms with Gasteiger partial charge in [0.25, 0.3) is 0 Å². The van der Waals surface area contributed by atoms with E-state index < -0.39 is 0 Å². The third kappa shape index (κ3) is 7.41. The molecule has 92 valence electrons. The topological polar surface area (TPSA) is 15.6 Å². The molecule has 0 heterocycles. The lowest BCUT2D eigenvalue weighted by atomic mass is 9.95. The van der Waals surface area contributed by atoms with Crippen LogP contribution in [0.3, 0.4) is 0 Å². The molecule has 2 heteroatoms. The van der Waals surface area contributed by atoms with Gasteiger partial charge in [-0.15, -0.1) is 0 Å². The van der Waals surface area contributed by atoms with E-state index in [1.54, 1.807) is 7.05 Å². The molecule has 0 rings (SSSR count). The fourth-order valence-electron chi connectivity index (χ4n) is 1.67. The highest BCUT2D eigenvalue weighted by Crippen LogP contribution is 2.17. The lowest BCUT2D eigenvalue weighted by molar-refractivity contribution is 0.382. The van der Waals surface area contributed by atoms with E-state index in [0.717, 1.165) is 0 Å². The Morgan fingerprint density at radius 1 is 1.38 bits per heavy atom. The average Bonchev–Trinajstić information content (AvgIpc) is 2.23. The quantitative estimate of drug-likeness (QED) is 0.477. The first-order chi connectivity index (χ1) is 7.61. The van der Waals surface area contributed by atoms with E-state index in [1.165, 1.54) is 25.0 Å². The lowest BCUT2D eigenvalue weighted by Gasteiger charge is -2.14. The second-order valence-corrected chi connectivity index (χ2v) is 4.40. The van der Waals surface area contributed by atoms with Crippen LogP contribution in [0, 0.1) is 5.92 Å². The van der Waals surface area contributed by atoms with Crippen molar-refractivity contribution in [3.63, 3.8) is 0 Å². The second kappa shape index (κ2) is 9.34. The van der Waals surface area contributed by atoms with Crippen LogP contribution in [0.15, 0.2) is 28.8 Å². The maximum atomic E-state index is 3.94. The molecule has 16 heavy (non-hydrogen) atoms. The van der Waals surface area contributed by atoms with Crippen molar-refractivity contribution in [1.82, 2.24) is 4.90 Å². The molecule has 2 nitrogen and oxygen atoms in total. The molecule has 0 N–H and O–H groups in total. The molecule has 0 fully saturated rings. The van der Waals surface area contributed by atoms with Gasteiger partial charge in [0.1, 0.15) is 0 Å². The Morgan fingerprint density at radius 2 is 2.06 bits per heavy atom. The Bertz CT molecular complexity index is 249. The summed E-state index contributed by atoms with van der Waals surface area (Å²) in [5, 5.41) is 0. The lowest BCUT2D eigenvalue weighted by Crippen LogP contribution is -2.14. The van der Waals surface area contributed by atoms with Gasteiger partial charge >= 0.3 is 0 Å². The van der Waals surface area contributed by atoms with Crippen LogP contribution in [0.25, 0.3) is 0 Å². The van der Waals surface area contributed by atoms with Gasteiger partial charge in [-0.25, -0.2) is 0 Å². The van der Waals surface area contributed by atoms with Crippen LogP contribution in [0.1, 0.15) is 26.7 Å². The van der Waals surface area contributed by atoms with Crippen molar-refractivity contribution in [2.45, 2.75) is 26.7 Å². The van der Waals surface area contributed by atoms with Crippen molar-refractivity contribution in [2.75, 3.05) is 27.7 Å². The molecular weight excluding hydrogens is 196 g/mol. The molecule has 0 aromatic carbocycles. The summed E-state index contributed by atoms with van der Waals surface area (Å²) in [5.74, 6) is 0.631. The number of hydrogen-bond acceptors (Lipinski definition) is 2. The van der Waals surface area contributed by atoms with Gasteiger partial charge in [0, 0.05) is 13.3 Å². The van der Waals surface area contributed by atoms with Crippen LogP contribution in [0.5, 0.6) is 0 Å². The number of hydrogen-bond donors (Lipinski definition) is 0. The highest BCUT2D eigenvalue weighted by atomic mass is 15.0. The van der Waals surface area contributed by atoms with Crippen molar-refractivity contribution < 1.29 is 0 Å². The zero-order valence-electron chi connectivity index (χ0n) is 11.4. The number of nitrogens with zero attached hydrogens (tertiary/aromatic N) is 2. The van der Waals surface area contributed by atoms with Gasteiger partial charge in [0.2, 0.25) is 0 Å². The van der Waals surface area contributed by atoms with Crippen molar-refractivity contribution in [3.05, 3.63) is 23.8 Å². The summed E-state index contributed by atoms with van der Waals surface area (Å²) >= 11 is 0. The van der Waals surface area contributed by atoms with Crippen LogP contribution in [0.4, 0.5) is 0 Å². The number of allylic oxidation sites excluding steroid dienone is 4. The first-order valence-electron chi connectivity index (χ1n) is 6.01. The molecule has 0 unspecified atom stereocenters. The molecule has 1 atom stereocenters. The van der Waals surface area contributed by atoms with Crippen LogP contribution in [-0.4, -0.2) is 38.8 Å². The zero-order valence-corrected chi connectivity index (χ0v) is 11.4. The fourth-order valence-corrected chi connectivity index (χ4v) is 1.67. The Hall–Kier alpha value is -0.890. The SMILES string of the molecule is C\C=C(/C=C\C=N\C)[C@@H](C)CCCN(C)C. The first kappa shape index (κ1) is 15.1. The maximum Gasteiger partial charge on any atom is 0.0277 e. The average molecular weight is 222 g/mol. The smallest absolute Gasteiger partial charge is 0.0277 e. The minimum absolute atomic E-state index is 0.631. The molecule has 0 aliphatic heterocycles. The predicted octanol–water partition coefficient (Wildman–Crippen LogP) is 3.17. The monoisotopic (exact) mass is 222 g/mol. The van der Waals surface area contributed by atoms with E-state index in [-0.39, 0.29) is 0 Å². The summed E-state index contributed by atoms with van der Waals surface area (Å²) in [6, 6.07) is 0. The summed E-state index contributed by atoms with van der Waals surface area (Å²) in [5.41, 5.74) is 1.40. The number of aliphatic imine (C=N–C) groups is 1. The van der Waals surface area contributed by atoms with Crippen molar-refractivity contribution in [1.29, 1.82) is 0 Å². The second-order valence-electron chi connectivity index (χ2n) is 4.40. The van der Waals surface area contributed by atoms with E-state index in [2.05, 4.69) is 50.0 Å². The summed E-state index contributed by atoms with van der Waals surface area (Å²) in [4.78, 5) is 6.18. The van der Waals surface area contributed by atoms with Crippen molar-refractivity contribution in [2.24, 2.45) is 10.9 Å². The summed E-state index contributed by atoms with van der Waals surface area (Å²) in [6.45, 7) is 5.56. The Labute approximate surface area is 101 Å². The van der Waals surface area contributed by atoms with Crippen molar-refractivity contribution in [3.8, 4) is 0 Å². The minimum Gasteiger partial charge on any atom is -0.309 e. The largest absolute Gasteiger partial charge is 0.309 e. The van der Waals surface area contributed by atoms with Crippen LogP contribution in [-0.2, 0) is 0 Å². The Kier molecular flexibility index (Phi) is 8.82. The van der Waals surface area contributed by atoms with Crippen LogP contribution < -0.4 is 0 Å². The van der Waals surface area contributed by atoms with Gasteiger partial charge in [-0.3, -0.25) is 4.99 Å². The van der Waals surface area contributed by atoms with Gasteiger partial charge in [0.05, 0.1) is 0 Å². The summed E-state index contributed by atoms with van der Waals surface area (Å²) in [6.07, 6.45) is 10.7. The van der Waals surface area contributed by atoms with Crippen molar-refractivity contribution >= 4 is 6.21 Å². The zero-order chi connectivity index (χ0) is 12.4. The molecule has 0 radical (unpaired) electrons. The van der Waals surface area contributed by atoms with Crippen LogP contribution in [0.2, 0.25) is 0 Å². The first-order valence-corrected chi connectivity index (χ1v) is 6.01. The molecule has 0 aliphatic rings. The maximum absolute atomic E-state index is 3.94. The molecule has 0 aliphatic carbocycles. The summed E-state index contributed by atoms with van der Waals surface area (Å²) < 4.78 is 0. The molecule has 0 saturated carbocycles. The van der Waals surface area contributed by atoms with E-state index in [4.69, 9.17) is 0 Å². The fraction of sp³-hybridized carbons (Fsp3) is 0.643. The summed E-state index contributed by atoms with van der Waals surface area (Å²) in [7, 11) is 6.04. The number of rotatable bonds is 7. The highest BCUT2D eigenvalue weighted by Gasteiger charge is 2.04. The Morgan fingerprint density at radius 3 is 2.56 bits per heavy atom. The molecular formula is C14H26N2. The van der Waals surface area contributed by atoms with E-state index in [9.17, 15) is 0 Å². The molecule has 0 aromatic rings. The third-order valence-electron chi connectivity index (χ3n) is 2.67. The normalized spacial score (nSPS) is 15.5. The van der Waals surface area contributed by atoms with Gasteiger partial charge in [-0.2, -0.15) is 0 Å². The van der Waals surface area contributed by atoms with Gasteiger partial charge in [-0.1, -0.05) is 19.1 Å². The predicted molar refractivity (Wildman–Crippen MR) is 74.3 cm³/mol. The molecule has 0 bridgehead atoms. The molecule has 0 spiro atoms. The van der Waals surface area contributed by atoms with Gasteiger partial charge < -0.3 is 4.90 Å².